The second-order valence-corrected chi connectivity index (χ2v) is 7.11. The van der Waals surface area contributed by atoms with Crippen molar-refractivity contribution >= 4 is 15.9 Å². The highest BCUT2D eigenvalue weighted by Gasteiger charge is 2.25. The quantitative estimate of drug-likeness (QED) is 0.870. The standard InChI is InChI=1S/C14H21NO3S/c1-4-10-19(17,18)15-13(16)11-14(2,3)12-8-6-5-7-9-12/h5-9H,4,10-11H2,1-3H3,(H,15,16). The number of carbonyl (C=O) groups excluding carboxylic acids is 1. The normalized spacial score (nSPS) is 12.2. The summed E-state index contributed by atoms with van der Waals surface area (Å²) in [4.78, 5) is 11.8. The van der Waals surface area contributed by atoms with Gasteiger partial charge in [0.1, 0.15) is 0 Å². The Bertz CT molecular complexity index is 521. The number of carbonyl (C=O) groups is 1. The van der Waals surface area contributed by atoms with E-state index in [4.69, 9.17) is 0 Å². The molecule has 0 bridgehead atoms. The fourth-order valence-corrected chi connectivity index (χ4v) is 2.98. The molecule has 0 saturated heterocycles. The number of amides is 1. The van der Waals surface area contributed by atoms with Gasteiger partial charge in [0, 0.05) is 6.42 Å². The predicted octanol–water partition coefficient (Wildman–Crippen LogP) is 2.21. The van der Waals surface area contributed by atoms with E-state index >= 15 is 0 Å². The van der Waals surface area contributed by atoms with E-state index < -0.39 is 21.3 Å². The summed E-state index contributed by atoms with van der Waals surface area (Å²) in [5.41, 5.74) is 0.616. The molecule has 4 nitrogen and oxygen atoms in total. The molecule has 0 spiro atoms. The van der Waals surface area contributed by atoms with E-state index in [1.807, 2.05) is 44.2 Å². The molecule has 1 aromatic carbocycles. The van der Waals surface area contributed by atoms with E-state index in [0.717, 1.165) is 5.56 Å². The van der Waals surface area contributed by atoms with Crippen molar-refractivity contribution in [2.45, 2.75) is 39.0 Å². The molecule has 1 aromatic rings. The Morgan fingerprint density at radius 2 is 1.79 bits per heavy atom. The lowest BCUT2D eigenvalue weighted by Gasteiger charge is -2.24. The topological polar surface area (TPSA) is 63.2 Å². The lowest BCUT2D eigenvalue weighted by Crippen LogP contribution is -2.36. The molecule has 1 amide bonds. The van der Waals surface area contributed by atoms with Gasteiger partial charge in [-0.25, -0.2) is 8.42 Å². The van der Waals surface area contributed by atoms with Crippen molar-refractivity contribution in [1.82, 2.24) is 4.72 Å². The van der Waals surface area contributed by atoms with E-state index in [0.29, 0.717) is 6.42 Å². The van der Waals surface area contributed by atoms with Crippen LogP contribution < -0.4 is 4.72 Å². The van der Waals surface area contributed by atoms with Gasteiger partial charge in [-0.3, -0.25) is 9.52 Å². The first-order chi connectivity index (χ1) is 8.77. The van der Waals surface area contributed by atoms with Gasteiger partial charge in [-0.05, 0) is 17.4 Å². The fraction of sp³-hybridized carbons (Fsp3) is 0.500. The second kappa shape index (κ2) is 6.19. The summed E-state index contributed by atoms with van der Waals surface area (Å²) in [6.07, 6.45) is 0.630. The maximum atomic E-state index is 11.8. The Hall–Kier alpha value is -1.36. The van der Waals surface area contributed by atoms with Crippen LogP contribution in [0.3, 0.4) is 0 Å². The van der Waals surface area contributed by atoms with Crippen LogP contribution in [0.4, 0.5) is 0 Å². The average molecular weight is 283 g/mol. The highest BCUT2D eigenvalue weighted by atomic mass is 32.2. The number of sulfonamides is 1. The molecule has 0 aliphatic rings. The Morgan fingerprint density at radius 1 is 1.21 bits per heavy atom. The van der Waals surface area contributed by atoms with Crippen LogP contribution in [0.15, 0.2) is 30.3 Å². The Kier molecular flexibility index (Phi) is 5.11. The van der Waals surface area contributed by atoms with Gasteiger partial charge in [0.2, 0.25) is 15.9 Å². The predicted molar refractivity (Wildman–Crippen MR) is 76.3 cm³/mol. The minimum Gasteiger partial charge on any atom is -0.274 e. The number of hydrogen-bond donors (Lipinski definition) is 1. The summed E-state index contributed by atoms with van der Waals surface area (Å²) in [6, 6.07) is 9.60. The van der Waals surface area contributed by atoms with E-state index in [-0.39, 0.29) is 12.2 Å². The highest BCUT2D eigenvalue weighted by molar-refractivity contribution is 7.90. The van der Waals surface area contributed by atoms with Crippen molar-refractivity contribution < 1.29 is 13.2 Å². The summed E-state index contributed by atoms with van der Waals surface area (Å²) >= 11 is 0. The smallest absolute Gasteiger partial charge is 0.234 e. The SMILES string of the molecule is CCCS(=O)(=O)NC(=O)CC(C)(C)c1ccccc1. The summed E-state index contributed by atoms with van der Waals surface area (Å²) in [5, 5.41) is 0. The Labute approximate surface area is 115 Å². The third-order valence-electron chi connectivity index (χ3n) is 2.90. The van der Waals surface area contributed by atoms with Gasteiger partial charge in [0.25, 0.3) is 0 Å². The zero-order valence-electron chi connectivity index (χ0n) is 11.6. The molecule has 0 aromatic heterocycles. The van der Waals surface area contributed by atoms with Gasteiger partial charge in [0.15, 0.2) is 0 Å². The number of nitrogens with one attached hydrogen (secondary N) is 1. The average Bonchev–Trinajstić information content (AvgIpc) is 2.28. The van der Waals surface area contributed by atoms with E-state index in [1.54, 1.807) is 6.92 Å². The lowest BCUT2D eigenvalue weighted by atomic mass is 9.81. The zero-order valence-corrected chi connectivity index (χ0v) is 12.5. The molecule has 0 unspecified atom stereocenters. The molecule has 1 rings (SSSR count). The van der Waals surface area contributed by atoms with Crippen LogP contribution >= 0.6 is 0 Å². The number of benzene rings is 1. The maximum absolute atomic E-state index is 11.8. The van der Waals surface area contributed by atoms with Crippen molar-refractivity contribution in [2.75, 3.05) is 5.75 Å². The molecule has 0 aliphatic heterocycles. The molecule has 0 saturated carbocycles. The number of hydrogen-bond acceptors (Lipinski definition) is 3. The Morgan fingerprint density at radius 3 is 2.32 bits per heavy atom. The molecule has 106 valence electrons. The van der Waals surface area contributed by atoms with Gasteiger partial charge in [-0.1, -0.05) is 51.1 Å². The Balaban J connectivity index is 2.72. The minimum atomic E-state index is -3.48. The van der Waals surface area contributed by atoms with Crippen LogP contribution in [-0.4, -0.2) is 20.1 Å². The molecule has 19 heavy (non-hydrogen) atoms. The van der Waals surface area contributed by atoms with Crippen molar-refractivity contribution in [2.24, 2.45) is 0 Å². The fourth-order valence-electron chi connectivity index (χ4n) is 1.92. The van der Waals surface area contributed by atoms with Crippen molar-refractivity contribution in [3.63, 3.8) is 0 Å². The summed E-state index contributed by atoms with van der Waals surface area (Å²) < 4.78 is 25.2. The molecular formula is C14H21NO3S. The summed E-state index contributed by atoms with van der Waals surface area (Å²) in [7, 11) is -3.48. The third kappa shape index (κ3) is 5.03. The molecular weight excluding hydrogens is 262 g/mol. The molecule has 0 heterocycles. The molecule has 0 atom stereocenters. The maximum Gasteiger partial charge on any atom is 0.234 e. The third-order valence-corrected chi connectivity index (χ3v) is 4.38. The molecule has 0 fully saturated rings. The molecule has 5 heteroatoms. The summed E-state index contributed by atoms with van der Waals surface area (Å²) in [6.45, 7) is 5.61. The van der Waals surface area contributed by atoms with Crippen LogP contribution in [0.5, 0.6) is 0 Å². The molecule has 0 aliphatic carbocycles. The first-order valence-corrected chi connectivity index (χ1v) is 8.01. The van der Waals surface area contributed by atoms with Crippen LogP contribution in [0, 0.1) is 0 Å². The zero-order chi connectivity index (χ0) is 14.5. The van der Waals surface area contributed by atoms with E-state index in [1.165, 1.54) is 0 Å². The van der Waals surface area contributed by atoms with Gasteiger partial charge in [0.05, 0.1) is 5.75 Å². The highest BCUT2D eigenvalue weighted by Crippen LogP contribution is 2.26. The van der Waals surface area contributed by atoms with E-state index in [2.05, 4.69) is 4.72 Å². The minimum absolute atomic E-state index is 0.0233. The lowest BCUT2D eigenvalue weighted by molar-refractivity contribution is -0.120. The van der Waals surface area contributed by atoms with Crippen molar-refractivity contribution in [3.05, 3.63) is 35.9 Å². The van der Waals surface area contributed by atoms with Gasteiger partial charge >= 0.3 is 0 Å². The van der Waals surface area contributed by atoms with Gasteiger partial charge in [-0.2, -0.15) is 0 Å². The number of rotatable bonds is 6. The molecule has 0 radical (unpaired) electrons. The van der Waals surface area contributed by atoms with Crippen molar-refractivity contribution in [1.29, 1.82) is 0 Å². The monoisotopic (exact) mass is 283 g/mol. The van der Waals surface area contributed by atoms with Crippen LogP contribution in [-0.2, 0) is 20.2 Å². The van der Waals surface area contributed by atoms with Crippen LogP contribution in [0.1, 0.15) is 39.2 Å². The summed E-state index contributed by atoms with van der Waals surface area (Å²) in [5.74, 6) is -0.480. The van der Waals surface area contributed by atoms with Crippen LogP contribution in [0.2, 0.25) is 0 Å². The first-order valence-electron chi connectivity index (χ1n) is 6.36. The van der Waals surface area contributed by atoms with E-state index in [9.17, 15) is 13.2 Å². The van der Waals surface area contributed by atoms with Crippen molar-refractivity contribution in [3.8, 4) is 0 Å². The largest absolute Gasteiger partial charge is 0.274 e. The first kappa shape index (κ1) is 15.7. The van der Waals surface area contributed by atoms with Crippen LogP contribution in [0.25, 0.3) is 0 Å². The van der Waals surface area contributed by atoms with Gasteiger partial charge < -0.3 is 0 Å². The molecule has 1 N–H and O–H groups in total. The van der Waals surface area contributed by atoms with Gasteiger partial charge in [-0.15, -0.1) is 0 Å². The second-order valence-electron chi connectivity index (χ2n) is 5.27.